The highest BCUT2D eigenvalue weighted by Gasteiger charge is 2.31. The van der Waals surface area contributed by atoms with Crippen LogP contribution in [0.25, 0.3) is 0 Å². The summed E-state index contributed by atoms with van der Waals surface area (Å²) in [7, 11) is 5.50. The number of hydrogen-bond donors (Lipinski definition) is 1. The molecule has 8 heteroatoms. The molecule has 0 saturated carbocycles. The number of carbonyl (C=O) groups is 3. The van der Waals surface area contributed by atoms with Crippen molar-refractivity contribution in [3.8, 4) is 0 Å². The van der Waals surface area contributed by atoms with Crippen LogP contribution in [0.3, 0.4) is 0 Å². The number of carboxylic acid groups (broad SMARTS) is 1. The summed E-state index contributed by atoms with van der Waals surface area (Å²) in [5.74, 6) is -1.51. The van der Waals surface area contributed by atoms with Gasteiger partial charge in [0, 0.05) is 19.3 Å². The number of carbonyl (C=O) groups excluding carboxylic acids is 2. The molecule has 51 heavy (non-hydrogen) atoms. The number of carboxylic acids is 1. The van der Waals surface area contributed by atoms with E-state index < -0.39 is 18.1 Å². The molecule has 0 radical (unpaired) electrons. The summed E-state index contributed by atoms with van der Waals surface area (Å²) in [6, 6.07) is -0.620. The van der Waals surface area contributed by atoms with Gasteiger partial charge in [0.25, 0.3) is 0 Å². The summed E-state index contributed by atoms with van der Waals surface area (Å²) in [6.07, 6.45) is 39.8. The SMILES string of the molecule is CC/C=C/C=C/C=C/CCCCCCCCCC(=O)OC(COCCC(C(=O)O)[N+](C)(C)C)COC(=O)CCCCCCC/C=C/C/C=C/CC. The Balaban J connectivity index is 4.44. The smallest absolute Gasteiger partial charge is 0.362 e. The second-order valence-corrected chi connectivity index (χ2v) is 14.2. The van der Waals surface area contributed by atoms with E-state index in [0.29, 0.717) is 19.3 Å². The molecule has 2 atom stereocenters. The standard InChI is InChI=1S/C43H73NO7/c1-6-8-10-12-14-16-18-20-21-22-24-26-28-30-32-34-42(46)51-39(37-49-36-35-40(43(47)48)44(3,4)5)38-50-41(45)33-31-29-27-25-23-19-17-15-13-11-9-7-2/h8-12,14-18,39-40H,6-7,13,19-38H2,1-5H3/p+1/b10-8+,11-9+,14-12+,17-15+,18-16+. The molecule has 0 aliphatic rings. The van der Waals surface area contributed by atoms with Crippen molar-refractivity contribution >= 4 is 17.9 Å². The predicted octanol–water partition coefficient (Wildman–Crippen LogP) is 10.2. The molecule has 0 rings (SSSR count). The minimum Gasteiger partial charge on any atom is -0.477 e. The molecule has 292 valence electrons. The molecule has 0 aliphatic heterocycles. The van der Waals surface area contributed by atoms with Crippen LogP contribution in [0.2, 0.25) is 0 Å². The van der Waals surface area contributed by atoms with E-state index in [1.807, 2.05) is 21.1 Å². The Morgan fingerprint density at radius 3 is 1.73 bits per heavy atom. The van der Waals surface area contributed by atoms with Crippen molar-refractivity contribution in [2.24, 2.45) is 0 Å². The van der Waals surface area contributed by atoms with E-state index in [9.17, 15) is 19.5 Å². The molecular weight excluding hydrogens is 642 g/mol. The zero-order chi connectivity index (χ0) is 37.8. The first kappa shape index (κ1) is 48.0. The van der Waals surface area contributed by atoms with Crippen molar-refractivity contribution in [1.29, 1.82) is 0 Å². The molecule has 0 spiro atoms. The van der Waals surface area contributed by atoms with Gasteiger partial charge in [-0.15, -0.1) is 0 Å². The third-order valence-corrected chi connectivity index (χ3v) is 8.47. The number of nitrogens with zero attached hydrogens (tertiary/aromatic N) is 1. The third kappa shape index (κ3) is 32.7. The lowest BCUT2D eigenvalue weighted by Crippen LogP contribution is -2.50. The fourth-order valence-corrected chi connectivity index (χ4v) is 5.42. The van der Waals surface area contributed by atoms with Gasteiger partial charge in [-0.3, -0.25) is 9.59 Å². The Bertz CT molecular complexity index is 1020. The van der Waals surface area contributed by atoms with E-state index in [1.165, 1.54) is 19.3 Å². The fraction of sp³-hybridized carbons (Fsp3) is 0.698. The molecule has 2 unspecified atom stereocenters. The summed E-state index contributed by atoms with van der Waals surface area (Å²) in [5, 5.41) is 9.59. The van der Waals surface area contributed by atoms with Crippen molar-refractivity contribution in [1.82, 2.24) is 0 Å². The number of hydrogen-bond acceptors (Lipinski definition) is 6. The van der Waals surface area contributed by atoms with Crippen LogP contribution in [-0.2, 0) is 28.6 Å². The number of quaternary nitrogens is 1. The Labute approximate surface area is 311 Å². The lowest BCUT2D eigenvalue weighted by molar-refractivity contribution is -0.887. The number of likely N-dealkylation sites (N-methyl/N-ethyl adjacent to an activating group) is 1. The summed E-state index contributed by atoms with van der Waals surface area (Å²) in [6.45, 7) is 4.45. The lowest BCUT2D eigenvalue weighted by atomic mass is 10.1. The van der Waals surface area contributed by atoms with Gasteiger partial charge < -0.3 is 23.8 Å². The van der Waals surface area contributed by atoms with Gasteiger partial charge in [-0.05, 0) is 57.8 Å². The number of aliphatic carboxylic acids is 1. The highest BCUT2D eigenvalue weighted by atomic mass is 16.6. The molecule has 0 saturated heterocycles. The maximum Gasteiger partial charge on any atom is 0.362 e. The van der Waals surface area contributed by atoms with Crippen LogP contribution >= 0.6 is 0 Å². The van der Waals surface area contributed by atoms with Crippen LogP contribution in [0.5, 0.6) is 0 Å². The Morgan fingerprint density at radius 1 is 0.608 bits per heavy atom. The van der Waals surface area contributed by atoms with Crippen LogP contribution in [-0.4, -0.2) is 80.6 Å². The van der Waals surface area contributed by atoms with Crippen LogP contribution in [0.15, 0.2) is 60.8 Å². The van der Waals surface area contributed by atoms with E-state index in [2.05, 4.69) is 74.6 Å². The van der Waals surface area contributed by atoms with Gasteiger partial charge in [0.15, 0.2) is 12.1 Å². The molecule has 8 nitrogen and oxygen atoms in total. The zero-order valence-electron chi connectivity index (χ0n) is 33.0. The number of unbranched alkanes of at least 4 members (excludes halogenated alkanes) is 12. The summed E-state index contributed by atoms with van der Waals surface area (Å²) < 4.78 is 17.2. The monoisotopic (exact) mass is 717 g/mol. The van der Waals surface area contributed by atoms with E-state index in [4.69, 9.17) is 14.2 Å². The number of rotatable bonds is 34. The van der Waals surface area contributed by atoms with Gasteiger partial charge >= 0.3 is 17.9 Å². The van der Waals surface area contributed by atoms with Crippen LogP contribution in [0.1, 0.15) is 142 Å². The summed E-state index contributed by atoms with van der Waals surface area (Å²) >= 11 is 0. The summed E-state index contributed by atoms with van der Waals surface area (Å²) in [4.78, 5) is 36.8. The Hall–Kier alpha value is -2.97. The highest BCUT2D eigenvalue weighted by molar-refractivity contribution is 5.72. The van der Waals surface area contributed by atoms with E-state index in [-0.39, 0.29) is 36.2 Å². The van der Waals surface area contributed by atoms with Gasteiger partial charge in [-0.25, -0.2) is 4.79 Å². The van der Waals surface area contributed by atoms with Gasteiger partial charge in [0.1, 0.15) is 6.61 Å². The molecule has 1 N–H and O–H groups in total. The minimum atomic E-state index is -0.883. The lowest BCUT2D eigenvalue weighted by Gasteiger charge is -2.31. The van der Waals surface area contributed by atoms with E-state index >= 15 is 0 Å². The third-order valence-electron chi connectivity index (χ3n) is 8.47. The Kier molecular flexibility index (Phi) is 32.1. The molecule has 0 bridgehead atoms. The van der Waals surface area contributed by atoms with Crippen molar-refractivity contribution in [3.05, 3.63) is 60.8 Å². The number of allylic oxidation sites excluding steroid dienone is 10. The van der Waals surface area contributed by atoms with Crippen molar-refractivity contribution in [2.75, 3.05) is 41.0 Å². The molecule has 0 heterocycles. The quantitative estimate of drug-likeness (QED) is 0.0233. The van der Waals surface area contributed by atoms with Crippen LogP contribution in [0, 0.1) is 0 Å². The normalized spacial score (nSPS) is 13.7. The summed E-state index contributed by atoms with van der Waals surface area (Å²) in [5.41, 5.74) is 0. The van der Waals surface area contributed by atoms with Gasteiger partial charge in [-0.1, -0.05) is 126 Å². The predicted molar refractivity (Wildman–Crippen MR) is 211 cm³/mol. The second kappa shape index (κ2) is 34.1. The van der Waals surface area contributed by atoms with Crippen molar-refractivity contribution in [3.63, 3.8) is 0 Å². The fourth-order valence-electron chi connectivity index (χ4n) is 5.42. The van der Waals surface area contributed by atoms with E-state index in [0.717, 1.165) is 89.9 Å². The first-order valence-electron chi connectivity index (χ1n) is 19.9. The molecule has 0 aromatic rings. The van der Waals surface area contributed by atoms with Gasteiger partial charge in [-0.2, -0.15) is 0 Å². The molecule has 0 amide bonds. The Morgan fingerprint density at radius 2 is 1.14 bits per heavy atom. The zero-order valence-corrected chi connectivity index (χ0v) is 33.0. The molecule has 0 aromatic carbocycles. The molecule has 0 aromatic heterocycles. The average Bonchev–Trinajstić information content (AvgIpc) is 3.08. The van der Waals surface area contributed by atoms with Crippen LogP contribution in [0.4, 0.5) is 0 Å². The average molecular weight is 717 g/mol. The minimum absolute atomic E-state index is 0.0488. The maximum absolute atomic E-state index is 12.7. The number of ether oxygens (including phenoxy) is 3. The second-order valence-electron chi connectivity index (χ2n) is 14.2. The molecule has 0 aliphatic carbocycles. The van der Waals surface area contributed by atoms with E-state index in [1.54, 1.807) is 0 Å². The van der Waals surface area contributed by atoms with Gasteiger partial charge in [0.05, 0.1) is 34.4 Å². The first-order valence-corrected chi connectivity index (χ1v) is 19.9. The van der Waals surface area contributed by atoms with Gasteiger partial charge in [0.2, 0.25) is 0 Å². The topological polar surface area (TPSA) is 99.1 Å². The highest BCUT2D eigenvalue weighted by Crippen LogP contribution is 2.13. The largest absolute Gasteiger partial charge is 0.477 e. The van der Waals surface area contributed by atoms with Crippen molar-refractivity contribution < 1.29 is 38.2 Å². The maximum atomic E-state index is 12.7. The van der Waals surface area contributed by atoms with Crippen molar-refractivity contribution in [2.45, 2.75) is 154 Å². The molecular formula is C43H74NO7+. The first-order chi connectivity index (χ1) is 24.6. The number of esters is 2. The molecule has 0 fully saturated rings. The van der Waals surface area contributed by atoms with Crippen LogP contribution < -0.4 is 0 Å².